The van der Waals surface area contributed by atoms with E-state index in [0.717, 1.165) is 36.8 Å². The number of aliphatic hydroxyl groups is 1. The predicted octanol–water partition coefficient (Wildman–Crippen LogP) is 3.77. The highest BCUT2D eigenvalue weighted by Crippen LogP contribution is 2.23. The molecule has 2 aromatic heterocycles. The Kier molecular flexibility index (Phi) is 5.14. The van der Waals surface area contributed by atoms with Crippen molar-refractivity contribution in [3.63, 3.8) is 0 Å². The maximum atomic E-state index is 12.9. The van der Waals surface area contributed by atoms with Gasteiger partial charge in [-0.2, -0.15) is 0 Å². The van der Waals surface area contributed by atoms with Gasteiger partial charge in [-0.1, -0.05) is 36.6 Å². The van der Waals surface area contributed by atoms with Crippen LogP contribution in [0.1, 0.15) is 41.6 Å². The lowest BCUT2D eigenvalue weighted by molar-refractivity contribution is 0.0718. The molecule has 1 fully saturated rings. The monoisotopic (exact) mass is 383 g/mol. The number of aromatic nitrogens is 2. The van der Waals surface area contributed by atoms with Gasteiger partial charge in [0.05, 0.1) is 23.2 Å². The van der Waals surface area contributed by atoms with E-state index in [1.165, 1.54) is 0 Å². The van der Waals surface area contributed by atoms with Gasteiger partial charge in [0, 0.05) is 24.0 Å². The van der Waals surface area contributed by atoms with Crippen molar-refractivity contribution in [1.82, 2.24) is 14.9 Å². The molecule has 2 N–H and O–H groups in total. The number of fused-ring (bicyclic) bond motifs is 1. The zero-order chi connectivity index (χ0) is 18.8. The first-order valence-corrected chi connectivity index (χ1v) is 9.67. The average molecular weight is 384 g/mol. The minimum Gasteiger partial charge on any atom is -0.391 e. The topological polar surface area (TPSA) is 67.2 Å². The molecule has 0 saturated heterocycles. The summed E-state index contributed by atoms with van der Waals surface area (Å²) in [5, 5.41) is 13.9. The third-order valence-electron chi connectivity index (χ3n) is 5.19. The number of hydrogen-bond donors (Lipinski definition) is 2. The summed E-state index contributed by atoms with van der Waals surface area (Å²) >= 11 is 5.97. The van der Waals surface area contributed by atoms with Crippen LogP contribution in [0.3, 0.4) is 0 Å². The van der Waals surface area contributed by atoms with Crippen molar-refractivity contribution in [3.05, 3.63) is 64.9 Å². The second-order valence-corrected chi connectivity index (χ2v) is 7.54. The summed E-state index contributed by atoms with van der Waals surface area (Å²) in [4.78, 5) is 17.3. The van der Waals surface area contributed by atoms with Crippen LogP contribution in [-0.2, 0) is 6.54 Å². The Hall–Kier alpha value is -2.37. The molecular weight excluding hydrogens is 362 g/mol. The van der Waals surface area contributed by atoms with E-state index >= 15 is 0 Å². The maximum absolute atomic E-state index is 12.9. The third-order valence-corrected chi connectivity index (χ3v) is 5.44. The minimum atomic E-state index is -0.474. The molecule has 1 unspecified atom stereocenters. The van der Waals surface area contributed by atoms with Gasteiger partial charge in [0.1, 0.15) is 5.52 Å². The maximum Gasteiger partial charge on any atom is 0.255 e. The fourth-order valence-corrected chi connectivity index (χ4v) is 3.86. The Morgan fingerprint density at radius 3 is 2.78 bits per heavy atom. The Balaban J connectivity index is 1.63. The highest BCUT2D eigenvalue weighted by Gasteiger charge is 2.26. The Labute approximate surface area is 163 Å². The van der Waals surface area contributed by atoms with E-state index in [1.54, 1.807) is 6.20 Å². The highest BCUT2D eigenvalue weighted by molar-refractivity contribution is 6.30. The molecule has 140 valence electrons. The van der Waals surface area contributed by atoms with Crippen LogP contribution in [0.25, 0.3) is 11.0 Å². The van der Waals surface area contributed by atoms with Crippen LogP contribution in [0, 0.1) is 0 Å². The van der Waals surface area contributed by atoms with Crippen molar-refractivity contribution in [2.75, 3.05) is 0 Å². The molecule has 1 aliphatic rings. The van der Waals surface area contributed by atoms with Gasteiger partial charge in [-0.05, 0) is 42.7 Å². The molecule has 3 aromatic rings. The Bertz CT molecular complexity index is 952. The van der Waals surface area contributed by atoms with Crippen molar-refractivity contribution >= 4 is 28.5 Å². The molecule has 0 bridgehead atoms. The smallest absolute Gasteiger partial charge is 0.255 e. The average Bonchev–Trinajstić information content (AvgIpc) is 3.04. The van der Waals surface area contributed by atoms with Gasteiger partial charge in [0.2, 0.25) is 0 Å². The molecule has 27 heavy (non-hydrogen) atoms. The molecule has 1 amide bonds. The lowest BCUT2D eigenvalue weighted by Crippen LogP contribution is -2.45. The van der Waals surface area contributed by atoms with E-state index in [-0.39, 0.29) is 11.9 Å². The Morgan fingerprint density at radius 2 is 2.00 bits per heavy atom. The largest absolute Gasteiger partial charge is 0.391 e. The van der Waals surface area contributed by atoms with Gasteiger partial charge in [-0.3, -0.25) is 9.78 Å². The first kappa shape index (κ1) is 18.0. The van der Waals surface area contributed by atoms with Crippen molar-refractivity contribution in [1.29, 1.82) is 0 Å². The lowest BCUT2D eigenvalue weighted by Gasteiger charge is -2.28. The molecule has 4 rings (SSSR count). The summed E-state index contributed by atoms with van der Waals surface area (Å²) in [5.41, 5.74) is 3.21. The molecule has 0 radical (unpaired) electrons. The van der Waals surface area contributed by atoms with Crippen LogP contribution in [0.2, 0.25) is 5.02 Å². The van der Waals surface area contributed by atoms with Crippen molar-refractivity contribution in [2.45, 2.75) is 44.4 Å². The standard InChI is InChI=1S/C21H22ClN3O2/c22-15-9-7-14(8-10-15)12-25-13-16(20-18(25)5-3-11-23-20)21(27)24-17-4-1-2-6-19(17)26/h3,5,7-11,13,17,19,26H,1-2,4,6,12H2,(H,24,27)/t17?,19-/m0/s1. The van der Waals surface area contributed by atoms with Gasteiger partial charge < -0.3 is 15.0 Å². The highest BCUT2D eigenvalue weighted by atomic mass is 35.5. The summed E-state index contributed by atoms with van der Waals surface area (Å²) in [5.74, 6) is -0.181. The number of carbonyl (C=O) groups excluding carboxylic acids is 1. The van der Waals surface area contributed by atoms with Gasteiger partial charge in [-0.25, -0.2) is 0 Å². The second kappa shape index (κ2) is 7.71. The molecule has 0 aliphatic heterocycles. The van der Waals surface area contributed by atoms with Crippen molar-refractivity contribution < 1.29 is 9.90 Å². The van der Waals surface area contributed by atoms with Crippen molar-refractivity contribution in [3.8, 4) is 0 Å². The molecule has 5 nitrogen and oxygen atoms in total. The second-order valence-electron chi connectivity index (χ2n) is 7.10. The summed E-state index contributed by atoms with van der Waals surface area (Å²) in [7, 11) is 0. The molecule has 0 spiro atoms. The third kappa shape index (κ3) is 3.84. The Morgan fingerprint density at radius 1 is 1.22 bits per heavy atom. The minimum absolute atomic E-state index is 0.181. The normalized spacial score (nSPS) is 19.9. The zero-order valence-corrected chi connectivity index (χ0v) is 15.7. The van der Waals surface area contributed by atoms with Gasteiger partial charge in [-0.15, -0.1) is 0 Å². The van der Waals surface area contributed by atoms with Crippen LogP contribution in [-0.4, -0.2) is 32.7 Å². The number of pyridine rings is 1. The number of carbonyl (C=O) groups is 1. The van der Waals surface area contributed by atoms with E-state index in [4.69, 9.17) is 11.6 Å². The number of nitrogens with zero attached hydrogens (tertiary/aromatic N) is 2. The first-order valence-electron chi connectivity index (χ1n) is 9.29. The molecule has 6 heteroatoms. The fraction of sp³-hybridized carbons (Fsp3) is 0.333. The lowest BCUT2D eigenvalue weighted by atomic mass is 9.92. The van der Waals surface area contributed by atoms with Gasteiger partial charge in [0.25, 0.3) is 5.91 Å². The van der Waals surface area contributed by atoms with Crippen molar-refractivity contribution in [2.24, 2.45) is 0 Å². The van der Waals surface area contributed by atoms with Gasteiger partial charge in [0.15, 0.2) is 0 Å². The SMILES string of the molecule is O=C(NC1CCCC[C@@H]1O)c1cn(Cc2ccc(Cl)cc2)c2cccnc12. The predicted molar refractivity (Wildman–Crippen MR) is 106 cm³/mol. The van der Waals surface area contributed by atoms with Gasteiger partial charge >= 0.3 is 0 Å². The number of aliphatic hydroxyl groups excluding tert-OH is 1. The number of benzene rings is 1. The van der Waals surface area contributed by atoms with E-state index < -0.39 is 6.10 Å². The summed E-state index contributed by atoms with van der Waals surface area (Å²) in [6.45, 7) is 0.624. The van der Waals surface area contributed by atoms with Crippen LogP contribution in [0.15, 0.2) is 48.8 Å². The summed E-state index contributed by atoms with van der Waals surface area (Å²) < 4.78 is 2.03. The molecule has 1 saturated carbocycles. The van der Waals surface area contributed by atoms with E-state index in [2.05, 4.69) is 10.3 Å². The quantitative estimate of drug-likeness (QED) is 0.720. The number of nitrogens with one attached hydrogen (secondary N) is 1. The van der Waals surface area contributed by atoms with E-state index in [1.807, 2.05) is 47.2 Å². The first-order chi connectivity index (χ1) is 13.1. The fourth-order valence-electron chi connectivity index (χ4n) is 3.73. The summed E-state index contributed by atoms with van der Waals surface area (Å²) in [6, 6.07) is 11.3. The molecular formula is C21H22ClN3O2. The molecule has 1 aliphatic carbocycles. The molecule has 2 heterocycles. The van der Waals surface area contributed by atoms with Crippen LogP contribution in [0.4, 0.5) is 0 Å². The number of amides is 1. The number of halogens is 1. The molecule has 2 atom stereocenters. The molecule has 1 aromatic carbocycles. The van der Waals surface area contributed by atoms with Crippen LogP contribution >= 0.6 is 11.6 Å². The van der Waals surface area contributed by atoms with E-state index in [9.17, 15) is 9.90 Å². The zero-order valence-electron chi connectivity index (χ0n) is 14.9. The number of hydrogen-bond acceptors (Lipinski definition) is 3. The van der Waals surface area contributed by atoms with E-state index in [0.29, 0.717) is 22.6 Å². The van der Waals surface area contributed by atoms with Crippen LogP contribution in [0.5, 0.6) is 0 Å². The number of rotatable bonds is 4. The summed E-state index contributed by atoms with van der Waals surface area (Å²) in [6.07, 6.45) is 6.65. The van der Waals surface area contributed by atoms with Crippen LogP contribution < -0.4 is 5.32 Å².